The quantitative estimate of drug-likeness (QED) is 0.692. The van der Waals surface area contributed by atoms with Gasteiger partial charge < -0.3 is 4.74 Å². The first kappa shape index (κ1) is 9.06. The molecule has 66 valence electrons. The minimum absolute atomic E-state index is 0.134. The summed E-state index contributed by atoms with van der Waals surface area (Å²) in [6.07, 6.45) is 2.93. The van der Waals surface area contributed by atoms with E-state index in [-0.39, 0.29) is 6.10 Å². The first-order chi connectivity index (χ1) is 5.77. The Morgan fingerprint density at radius 2 is 2.08 bits per heavy atom. The predicted octanol–water partition coefficient (Wildman–Crippen LogP) is 1.71. The van der Waals surface area contributed by atoms with Crippen LogP contribution in [0, 0.1) is 5.82 Å². The highest BCUT2D eigenvalue weighted by molar-refractivity contribution is 4.94. The minimum atomic E-state index is -0.426. The number of aromatic nitrogens is 2. The van der Waals surface area contributed by atoms with Gasteiger partial charge in [-0.15, -0.1) is 0 Å². The minimum Gasteiger partial charge on any atom is -0.373 e. The number of hydrogen-bond acceptors (Lipinski definition) is 3. The van der Waals surface area contributed by atoms with E-state index in [1.165, 1.54) is 0 Å². The van der Waals surface area contributed by atoms with Crippen molar-refractivity contribution in [3.63, 3.8) is 0 Å². The Hall–Kier alpha value is -1.03. The van der Waals surface area contributed by atoms with Crippen molar-refractivity contribution in [1.82, 2.24) is 9.97 Å². The third-order valence-corrected chi connectivity index (χ3v) is 1.58. The lowest BCUT2D eigenvalue weighted by molar-refractivity contribution is 0.0923. The summed E-state index contributed by atoms with van der Waals surface area (Å²) in [7, 11) is 1.58. The summed E-state index contributed by atoms with van der Waals surface area (Å²) in [5.74, 6) is 0.103. The maximum atomic E-state index is 12.4. The van der Waals surface area contributed by atoms with Gasteiger partial charge in [0.15, 0.2) is 11.6 Å². The molecule has 1 rings (SSSR count). The third kappa shape index (κ3) is 1.98. The summed E-state index contributed by atoms with van der Waals surface area (Å²) in [6.45, 7) is 1.96. The van der Waals surface area contributed by atoms with Gasteiger partial charge in [0.05, 0.1) is 12.4 Å². The molecule has 0 spiro atoms. The van der Waals surface area contributed by atoms with Crippen molar-refractivity contribution >= 4 is 0 Å². The monoisotopic (exact) mass is 170 g/mol. The Balaban J connectivity index is 2.80. The van der Waals surface area contributed by atoms with Crippen molar-refractivity contribution < 1.29 is 9.13 Å². The third-order valence-electron chi connectivity index (χ3n) is 1.58. The molecule has 1 aromatic heterocycles. The largest absolute Gasteiger partial charge is 0.373 e. The molecular weight excluding hydrogens is 159 g/mol. The molecule has 4 heteroatoms. The highest BCUT2D eigenvalue weighted by Crippen LogP contribution is 2.14. The lowest BCUT2D eigenvalue weighted by Gasteiger charge is -2.09. The normalized spacial score (nSPS) is 12.9. The van der Waals surface area contributed by atoms with E-state index in [1.807, 2.05) is 6.92 Å². The molecule has 0 aliphatic carbocycles. The predicted molar refractivity (Wildman–Crippen MR) is 42.0 cm³/mol. The zero-order chi connectivity index (χ0) is 8.97. The summed E-state index contributed by atoms with van der Waals surface area (Å²) in [4.78, 5) is 7.62. The highest BCUT2D eigenvalue weighted by Gasteiger charge is 2.10. The number of methoxy groups -OCH3 is 1. The molecule has 12 heavy (non-hydrogen) atoms. The Labute approximate surface area is 70.6 Å². The van der Waals surface area contributed by atoms with Crippen LogP contribution >= 0.6 is 0 Å². The zero-order valence-corrected chi connectivity index (χ0v) is 7.12. The Bertz CT molecular complexity index is 233. The average Bonchev–Trinajstić information content (AvgIpc) is 2.10. The lowest BCUT2D eigenvalue weighted by Crippen LogP contribution is -2.05. The summed E-state index contributed by atoms with van der Waals surface area (Å²) in [5.41, 5.74) is 0. The van der Waals surface area contributed by atoms with E-state index >= 15 is 0 Å². The van der Waals surface area contributed by atoms with Crippen LogP contribution in [0.3, 0.4) is 0 Å². The Morgan fingerprint density at radius 1 is 1.50 bits per heavy atom. The van der Waals surface area contributed by atoms with Crippen LogP contribution in [0.25, 0.3) is 0 Å². The summed E-state index contributed by atoms with van der Waals surface area (Å²) in [6, 6.07) is 0. The first-order valence-corrected chi connectivity index (χ1v) is 3.78. The van der Waals surface area contributed by atoms with Crippen molar-refractivity contribution in [2.24, 2.45) is 0 Å². The van der Waals surface area contributed by atoms with Crippen molar-refractivity contribution in [2.45, 2.75) is 19.4 Å². The topological polar surface area (TPSA) is 35.0 Å². The summed E-state index contributed by atoms with van der Waals surface area (Å²) in [5, 5.41) is 0. The van der Waals surface area contributed by atoms with Crippen molar-refractivity contribution in [2.75, 3.05) is 7.11 Å². The number of rotatable bonds is 3. The van der Waals surface area contributed by atoms with E-state index in [4.69, 9.17) is 4.74 Å². The fourth-order valence-electron chi connectivity index (χ4n) is 0.943. The molecule has 0 saturated carbocycles. The summed E-state index contributed by atoms with van der Waals surface area (Å²) < 4.78 is 17.5. The number of halogens is 1. The summed E-state index contributed by atoms with van der Waals surface area (Å²) >= 11 is 0. The van der Waals surface area contributed by atoms with Crippen LogP contribution in [0.1, 0.15) is 25.3 Å². The van der Waals surface area contributed by atoms with E-state index in [0.29, 0.717) is 5.82 Å². The van der Waals surface area contributed by atoms with E-state index in [0.717, 1.165) is 18.8 Å². The van der Waals surface area contributed by atoms with E-state index in [2.05, 4.69) is 9.97 Å². The molecule has 1 aromatic rings. The molecule has 0 unspecified atom stereocenters. The van der Waals surface area contributed by atoms with Crippen LogP contribution in [0.4, 0.5) is 4.39 Å². The molecule has 3 nitrogen and oxygen atoms in total. The molecule has 0 aromatic carbocycles. The molecular formula is C8H11FN2O. The van der Waals surface area contributed by atoms with Gasteiger partial charge in [0, 0.05) is 7.11 Å². The van der Waals surface area contributed by atoms with Crippen LogP contribution in [0.15, 0.2) is 12.4 Å². The first-order valence-electron chi connectivity index (χ1n) is 3.78. The maximum absolute atomic E-state index is 12.4. The lowest BCUT2D eigenvalue weighted by atomic mass is 10.2. The second-order valence-corrected chi connectivity index (χ2v) is 2.39. The number of nitrogens with zero attached hydrogens (tertiary/aromatic N) is 2. The van der Waals surface area contributed by atoms with Gasteiger partial charge in [0.1, 0.15) is 6.10 Å². The van der Waals surface area contributed by atoms with Crippen LogP contribution in [0.2, 0.25) is 0 Å². The van der Waals surface area contributed by atoms with Gasteiger partial charge in [-0.3, -0.25) is 0 Å². The van der Waals surface area contributed by atoms with Crippen LogP contribution in [-0.4, -0.2) is 17.1 Å². The standard InChI is InChI=1S/C8H11FN2O/c1-3-7(12-2)8-10-4-6(9)5-11-8/h4-5,7H,3H2,1-2H3/t7-/m1/s1. The van der Waals surface area contributed by atoms with Crippen molar-refractivity contribution in [3.8, 4) is 0 Å². The fourth-order valence-corrected chi connectivity index (χ4v) is 0.943. The average molecular weight is 170 g/mol. The van der Waals surface area contributed by atoms with Crippen molar-refractivity contribution in [1.29, 1.82) is 0 Å². The molecule has 0 N–H and O–H groups in total. The van der Waals surface area contributed by atoms with E-state index in [9.17, 15) is 4.39 Å². The van der Waals surface area contributed by atoms with Gasteiger partial charge >= 0.3 is 0 Å². The van der Waals surface area contributed by atoms with Crippen LogP contribution in [-0.2, 0) is 4.74 Å². The SMILES string of the molecule is CC[C@@H](OC)c1ncc(F)cn1. The van der Waals surface area contributed by atoms with Gasteiger partial charge in [-0.25, -0.2) is 14.4 Å². The Morgan fingerprint density at radius 3 is 2.50 bits per heavy atom. The fraction of sp³-hybridized carbons (Fsp3) is 0.500. The molecule has 0 saturated heterocycles. The molecule has 1 atom stereocenters. The second kappa shape index (κ2) is 4.11. The van der Waals surface area contributed by atoms with E-state index in [1.54, 1.807) is 7.11 Å². The number of ether oxygens (including phenoxy) is 1. The molecule has 0 aliphatic heterocycles. The van der Waals surface area contributed by atoms with Crippen LogP contribution in [0.5, 0.6) is 0 Å². The van der Waals surface area contributed by atoms with E-state index < -0.39 is 5.82 Å². The van der Waals surface area contributed by atoms with Gasteiger partial charge in [0.2, 0.25) is 0 Å². The smallest absolute Gasteiger partial charge is 0.159 e. The number of hydrogen-bond donors (Lipinski definition) is 0. The van der Waals surface area contributed by atoms with Crippen molar-refractivity contribution in [3.05, 3.63) is 24.0 Å². The second-order valence-electron chi connectivity index (χ2n) is 2.39. The molecule has 0 fully saturated rings. The van der Waals surface area contributed by atoms with Gasteiger partial charge in [-0.2, -0.15) is 0 Å². The molecule has 0 aliphatic rings. The van der Waals surface area contributed by atoms with Gasteiger partial charge in [-0.05, 0) is 6.42 Å². The molecule has 1 heterocycles. The van der Waals surface area contributed by atoms with Gasteiger partial charge in [-0.1, -0.05) is 6.92 Å². The Kier molecular flexibility index (Phi) is 3.10. The molecule has 0 bridgehead atoms. The zero-order valence-electron chi connectivity index (χ0n) is 7.12. The maximum Gasteiger partial charge on any atom is 0.159 e. The highest BCUT2D eigenvalue weighted by atomic mass is 19.1. The molecule has 0 radical (unpaired) electrons. The van der Waals surface area contributed by atoms with Crippen LogP contribution < -0.4 is 0 Å². The van der Waals surface area contributed by atoms with Gasteiger partial charge in [0.25, 0.3) is 0 Å². The molecule has 0 amide bonds.